The van der Waals surface area contributed by atoms with Crippen LogP contribution in [0.3, 0.4) is 0 Å². The van der Waals surface area contributed by atoms with Crippen molar-refractivity contribution >= 4 is 17.3 Å². The van der Waals surface area contributed by atoms with Crippen molar-refractivity contribution in [2.24, 2.45) is 0 Å². The zero-order valence-corrected chi connectivity index (χ0v) is 15.2. The molecule has 1 amide bonds. The average molecular weight is 355 g/mol. The highest BCUT2D eigenvalue weighted by Gasteiger charge is 2.17. The zero-order chi connectivity index (χ0) is 18.4. The number of ether oxygens (including phenoxy) is 2. The van der Waals surface area contributed by atoms with Gasteiger partial charge < -0.3 is 20.1 Å². The first kappa shape index (κ1) is 18.2. The minimum absolute atomic E-state index is 0.0889. The molecule has 1 aliphatic heterocycles. The number of carbonyl (C=O) groups excluding carboxylic acids is 1. The van der Waals surface area contributed by atoms with Crippen LogP contribution in [0.2, 0.25) is 0 Å². The average Bonchev–Trinajstić information content (AvgIpc) is 3.15. The van der Waals surface area contributed by atoms with Crippen LogP contribution < -0.4 is 15.4 Å². The number of rotatable bonds is 7. The van der Waals surface area contributed by atoms with Gasteiger partial charge in [-0.15, -0.1) is 0 Å². The van der Waals surface area contributed by atoms with Crippen LogP contribution in [0.1, 0.15) is 37.2 Å². The summed E-state index contributed by atoms with van der Waals surface area (Å²) >= 11 is 0. The lowest BCUT2D eigenvalue weighted by atomic mass is 10.2. The summed E-state index contributed by atoms with van der Waals surface area (Å²) in [6, 6.07) is 11.3. The van der Waals surface area contributed by atoms with Gasteiger partial charge in [0, 0.05) is 13.2 Å². The van der Waals surface area contributed by atoms with Gasteiger partial charge in [0.2, 0.25) is 0 Å². The van der Waals surface area contributed by atoms with Gasteiger partial charge in [0.1, 0.15) is 11.4 Å². The van der Waals surface area contributed by atoms with Gasteiger partial charge in [-0.05, 0) is 51.0 Å². The standard InChI is InChI=1S/C20H25N3O3/c1-14(2)26-19-8-4-3-7-17(19)23-15-9-10-18(21-12-15)20(24)22-13-16-6-5-11-25-16/h3-4,7-10,12,14,16,23H,5-6,11,13H2,1-2H3,(H,22,24). The van der Waals surface area contributed by atoms with E-state index in [4.69, 9.17) is 9.47 Å². The molecule has 0 aliphatic carbocycles. The molecule has 2 N–H and O–H groups in total. The molecule has 2 heterocycles. The summed E-state index contributed by atoms with van der Waals surface area (Å²) in [6.07, 6.45) is 3.91. The topological polar surface area (TPSA) is 72.5 Å². The molecular weight excluding hydrogens is 330 g/mol. The van der Waals surface area contributed by atoms with E-state index in [1.807, 2.05) is 44.2 Å². The summed E-state index contributed by atoms with van der Waals surface area (Å²) in [6.45, 7) is 5.28. The summed E-state index contributed by atoms with van der Waals surface area (Å²) in [4.78, 5) is 16.4. The number of benzene rings is 1. The SMILES string of the molecule is CC(C)Oc1ccccc1Nc1ccc(C(=O)NCC2CCCO2)nc1. The maximum absolute atomic E-state index is 12.2. The first-order chi connectivity index (χ1) is 12.6. The van der Waals surface area contributed by atoms with Crippen LogP contribution in [0.25, 0.3) is 0 Å². The highest BCUT2D eigenvalue weighted by molar-refractivity contribution is 5.92. The summed E-state index contributed by atoms with van der Waals surface area (Å²) in [5.74, 6) is 0.594. The summed E-state index contributed by atoms with van der Waals surface area (Å²) in [5, 5.41) is 6.16. The van der Waals surface area contributed by atoms with E-state index in [0.29, 0.717) is 12.2 Å². The van der Waals surface area contributed by atoms with E-state index >= 15 is 0 Å². The Hall–Kier alpha value is -2.60. The molecule has 1 unspecified atom stereocenters. The van der Waals surface area contributed by atoms with Crippen LogP contribution in [-0.2, 0) is 4.74 Å². The summed E-state index contributed by atoms with van der Waals surface area (Å²) in [5.41, 5.74) is 2.04. The molecule has 138 valence electrons. The van der Waals surface area contributed by atoms with Crippen LogP contribution in [-0.4, -0.2) is 36.3 Å². The number of amides is 1. The molecule has 6 nitrogen and oxygen atoms in total. The molecular formula is C20H25N3O3. The van der Waals surface area contributed by atoms with Crippen LogP contribution in [0.4, 0.5) is 11.4 Å². The van der Waals surface area contributed by atoms with Gasteiger partial charge in [0.25, 0.3) is 5.91 Å². The second-order valence-corrected chi connectivity index (χ2v) is 6.56. The van der Waals surface area contributed by atoms with Crippen LogP contribution >= 0.6 is 0 Å². The molecule has 0 radical (unpaired) electrons. The number of carbonyl (C=O) groups is 1. The Kier molecular flexibility index (Phi) is 6.07. The number of hydrogen-bond acceptors (Lipinski definition) is 5. The largest absolute Gasteiger partial charge is 0.489 e. The predicted octanol–water partition coefficient (Wildman–Crippen LogP) is 3.52. The highest BCUT2D eigenvalue weighted by atomic mass is 16.5. The fourth-order valence-corrected chi connectivity index (χ4v) is 2.79. The monoisotopic (exact) mass is 355 g/mol. The van der Waals surface area contributed by atoms with E-state index in [9.17, 15) is 4.79 Å². The molecule has 1 aromatic heterocycles. The van der Waals surface area contributed by atoms with Crippen molar-refractivity contribution in [2.75, 3.05) is 18.5 Å². The summed E-state index contributed by atoms with van der Waals surface area (Å²) in [7, 11) is 0. The molecule has 26 heavy (non-hydrogen) atoms. The third kappa shape index (κ3) is 4.95. The number of para-hydroxylation sites is 2. The second-order valence-electron chi connectivity index (χ2n) is 6.56. The number of pyridine rings is 1. The van der Waals surface area contributed by atoms with Crippen molar-refractivity contribution in [2.45, 2.75) is 38.9 Å². The number of hydrogen-bond donors (Lipinski definition) is 2. The molecule has 0 saturated carbocycles. The Morgan fingerprint density at radius 3 is 2.85 bits per heavy atom. The molecule has 1 atom stereocenters. The zero-order valence-electron chi connectivity index (χ0n) is 15.2. The van der Waals surface area contributed by atoms with Gasteiger partial charge in [0.15, 0.2) is 0 Å². The lowest BCUT2D eigenvalue weighted by Gasteiger charge is -2.15. The smallest absolute Gasteiger partial charge is 0.269 e. The van der Waals surface area contributed by atoms with Crippen molar-refractivity contribution in [1.82, 2.24) is 10.3 Å². The molecule has 0 spiro atoms. The van der Waals surface area contributed by atoms with E-state index in [2.05, 4.69) is 15.6 Å². The van der Waals surface area contributed by atoms with Crippen molar-refractivity contribution in [3.63, 3.8) is 0 Å². The molecule has 2 aromatic rings. The Labute approximate surface area is 153 Å². The molecule has 6 heteroatoms. The first-order valence-corrected chi connectivity index (χ1v) is 9.00. The Morgan fingerprint density at radius 1 is 1.31 bits per heavy atom. The normalized spacial score (nSPS) is 16.5. The van der Waals surface area contributed by atoms with Crippen LogP contribution in [0.5, 0.6) is 5.75 Å². The number of nitrogens with one attached hydrogen (secondary N) is 2. The maximum Gasteiger partial charge on any atom is 0.269 e. The van der Waals surface area contributed by atoms with Gasteiger partial charge in [-0.1, -0.05) is 12.1 Å². The van der Waals surface area contributed by atoms with Gasteiger partial charge in [0.05, 0.1) is 29.8 Å². The lowest BCUT2D eigenvalue weighted by molar-refractivity contribution is 0.0854. The second kappa shape index (κ2) is 8.67. The van der Waals surface area contributed by atoms with Crippen molar-refractivity contribution in [1.29, 1.82) is 0 Å². The lowest BCUT2D eigenvalue weighted by Crippen LogP contribution is -2.32. The maximum atomic E-state index is 12.2. The quantitative estimate of drug-likeness (QED) is 0.795. The van der Waals surface area contributed by atoms with Crippen LogP contribution in [0.15, 0.2) is 42.6 Å². The van der Waals surface area contributed by atoms with Crippen molar-refractivity contribution in [3.05, 3.63) is 48.3 Å². The third-order valence-corrected chi connectivity index (χ3v) is 4.04. The molecule has 1 aromatic carbocycles. The Balaban J connectivity index is 1.60. The van der Waals surface area contributed by atoms with E-state index in [-0.39, 0.29) is 18.1 Å². The molecule has 1 aliphatic rings. The minimum Gasteiger partial charge on any atom is -0.489 e. The Bertz CT molecular complexity index is 725. The van der Waals surface area contributed by atoms with E-state index in [1.165, 1.54) is 0 Å². The van der Waals surface area contributed by atoms with E-state index < -0.39 is 0 Å². The fraction of sp³-hybridized carbons (Fsp3) is 0.400. The fourth-order valence-electron chi connectivity index (χ4n) is 2.79. The number of anilines is 2. The van der Waals surface area contributed by atoms with Gasteiger partial charge in [-0.25, -0.2) is 4.98 Å². The van der Waals surface area contributed by atoms with Crippen molar-refractivity contribution < 1.29 is 14.3 Å². The number of aromatic nitrogens is 1. The van der Waals surface area contributed by atoms with Gasteiger partial charge in [-0.2, -0.15) is 0 Å². The van der Waals surface area contributed by atoms with E-state index in [0.717, 1.165) is 36.6 Å². The van der Waals surface area contributed by atoms with Gasteiger partial charge in [-0.3, -0.25) is 4.79 Å². The first-order valence-electron chi connectivity index (χ1n) is 9.00. The molecule has 1 fully saturated rings. The highest BCUT2D eigenvalue weighted by Crippen LogP contribution is 2.28. The predicted molar refractivity (Wildman–Crippen MR) is 101 cm³/mol. The molecule has 0 bridgehead atoms. The van der Waals surface area contributed by atoms with E-state index in [1.54, 1.807) is 12.3 Å². The van der Waals surface area contributed by atoms with Crippen LogP contribution in [0, 0.1) is 0 Å². The molecule has 3 rings (SSSR count). The minimum atomic E-state index is -0.185. The number of nitrogens with zero attached hydrogens (tertiary/aromatic N) is 1. The third-order valence-electron chi connectivity index (χ3n) is 4.04. The van der Waals surface area contributed by atoms with Gasteiger partial charge >= 0.3 is 0 Å². The molecule has 1 saturated heterocycles. The van der Waals surface area contributed by atoms with Crippen molar-refractivity contribution in [3.8, 4) is 5.75 Å². The summed E-state index contributed by atoms with van der Waals surface area (Å²) < 4.78 is 11.3. The Morgan fingerprint density at radius 2 is 2.15 bits per heavy atom.